The third-order valence-corrected chi connectivity index (χ3v) is 6.97. The van der Waals surface area contributed by atoms with Gasteiger partial charge in [0.05, 0.1) is 37.9 Å². The first-order chi connectivity index (χ1) is 17.5. The fraction of sp³-hybridized carbons (Fsp3) is 0.400. The molecular formula is C25H23B4N3O5. The van der Waals surface area contributed by atoms with Gasteiger partial charge in [-0.05, 0) is 40.4 Å². The maximum Gasteiger partial charge on any atom is 0.255 e. The molecule has 8 nitrogen and oxygen atoms in total. The topological polar surface area (TPSA) is 88.2 Å². The van der Waals surface area contributed by atoms with Crippen LogP contribution in [0.3, 0.4) is 0 Å². The number of fused-ring (bicyclic) bond motifs is 1. The third-order valence-electron chi connectivity index (χ3n) is 6.97. The molecule has 0 aromatic heterocycles. The molecule has 3 aliphatic heterocycles. The lowest BCUT2D eigenvalue weighted by molar-refractivity contribution is -0.136. The van der Waals surface area contributed by atoms with Crippen molar-refractivity contribution in [2.75, 3.05) is 13.2 Å². The zero-order chi connectivity index (χ0) is 26.4. The first-order valence-corrected chi connectivity index (χ1v) is 12.0. The van der Waals surface area contributed by atoms with Crippen molar-refractivity contribution in [3.05, 3.63) is 64.7 Å². The minimum absolute atomic E-state index is 0.111. The van der Waals surface area contributed by atoms with Crippen molar-refractivity contribution in [1.29, 1.82) is 0 Å². The number of hydrogen-bond acceptors (Lipinski definition) is 6. The van der Waals surface area contributed by atoms with E-state index < -0.39 is 22.6 Å². The monoisotopic (exact) mass is 489 g/mol. The fourth-order valence-corrected chi connectivity index (χ4v) is 4.99. The number of carbonyl (C=O) groups is 3. The number of benzene rings is 2. The zero-order valence-corrected chi connectivity index (χ0v) is 20.3. The number of amides is 3. The quantitative estimate of drug-likeness (QED) is 0.449. The van der Waals surface area contributed by atoms with Crippen molar-refractivity contribution in [2.24, 2.45) is 0 Å². The molecule has 2 aromatic rings. The molecular weight excluding hydrogens is 466 g/mol. The lowest BCUT2D eigenvalue weighted by atomic mass is 9.51. The van der Waals surface area contributed by atoms with Gasteiger partial charge in [-0.3, -0.25) is 19.7 Å². The number of ether oxygens (including phenoxy) is 2. The Morgan fingerprint density at radius 2 is 1.65 bits per heavy atom. The lowest BCUT2D eigenvalue weighted by Crippen LogP contribution is -2.69. The average molecular weight is 489 g/mol. The molecule has 0 saturated carbocycles. The van der Waals surface area contributed by atoms with E-state index in [2.05, 4.69) is 5.32 Å². The molecule has 12 heteroatoms. The number of piperidine rings is 1. The average Bonchev–Trinajstić information content (AvgIpc) is 3.17. The Hall–Kier alpha value is -2.97. The van der Waals surface area contributed by atoms with Crippen molar-refractivity contribution >= 4 is 49.1 Å². The van der Waals surface area contributed by atoms with E-state index >= 15 is 0 Å². The highest BCUT2D eigenvalue weighted by Gasteiger charge is 2.41. The summed E-state index contributed by atoms with van der Waals surface area (Å²) in [5, 5.41) is -0.277. The Labute approximate surface area is 221 Å². The zero-order valence-electron chi connectivity index (χ0n) is 20.3. The van der Waals surface area contributed by atoms with Crippen molar-refractivity contribution in [2.45, 2.75) is 49.3 Å². The number of nitrogens with one attached hydrogen (secondary N) is 1. The molecule has 1 atom stereocenters. The number of imide groups is 1. The number of morpholine rings is 1. The first-order valence-electron chi connectivity index (χ1n) is 12.0. The summed E-state index contributed by atoms with van der Waals surface area (Å²) in [6.45, 7) is 1.08. The van der Waals surface area contributed by atoms with Gasteiger partial charge in [-0.25, -0.2) is 0 Å². The van der Waals surface area contributed by atoms with Crippen molar-refractivity contribution in [3.8, 4) is 5.75 Å². The Morgan fingerprint density at radius 3 is 2.32 bits per heavy atom. The van der Waals surface area contributed by atoms with E-state index in [-0.39, 0.29) is 44.6 Å². The van der Waals surface area contributed by atoms with Gasteiger partial charge in [0.25, 0.3) is 5.91 Å². The second kappa shape index (κ2) is 9.72. The van der Waals surface area contributed by atoms with E-state index in [4.69, 9.17) is 40.9 Å². The van der Waals surface area contributed by atoms with Crippen LogP contribution in [0.4, 0.5) is 0 Å². The Balaban J connectivity index is 1.24. The summed E-state index contributed by atoms with van der Waals surface area (Å²) in [4.78, 5) is 39.9. The molecule has 1 unspecified atom stereocenters. The summed E-state index contributed by atoms with van der Waals surface area (Å²) in [5.41, 5.74) is 3.05. The number of hydrogen-bond donors (Lipinski definition) is 1. The molecule has 3 amide bonds. The van der Waals surface area contributed by atoms with E-state index in [1.807, 2.05) is 24.3 Å². The lowest BCUT2D eigenvalue weighted by Gasteiger charge is -2.54. The molecule has 2 saturated heterocycles. The van der Waals surface area contributed by atoms with Crippen LogP contribution in [0, 0.1) is 0 Å². The smallest absolute Gasteiger partial charge is 0.255 e. The highest BCUT2D eigenvalue weighted by molar-refractivity contribution is 6.44. The summed E-state index contributed by atoms with van der Waals surface area (Å²) in [6.07, 6.45) is 0.513. The molecule has 2 fully saturated rings. The summed E-state index contributed by atoms with van der Waals surface area (Å²) in [6, 6.07) is 12.3. The van der Waals surface area contributed by atoms with Crippen molar-refractivity contribution < 1.29 is 23.9 Å². The van der Waals surface area contributed by atoms with Crippen molar-refractivity contribution in [3.63, 3.8) is 0 Å². The highest BCUT2D eigenvalue weighted by Crippen LogP contribution is 2.34. The molecule has 3 heterocycles. The summed E-state index contributed by atoms with van der Waals surface area (Å²) >= 11 is 0. The van der Waals surface area contributed by atoms with E-state index in [1.54, 1.807) is 23.1 Å². The largest absolute Gasteiger partial charge is 0.489 e. The number of rotatable bonds is 6. The summed E-state index contributed by atoms with van der Waals surface area (Å²) in [5.74, 6) is -0.430. The standard InChI is InChI=1S/C25H23B4N3O5/c26-24(27)13-36-14-25(28,29)32(24)10-15-4-6-16(7-5-15)12-37-20-3-1-2-17-18(20)11-31(23(17)35)19-8-9-21(33)30-22(19)34/h1-7,19H,8-14H2,(H,30,33,34). The third kappa shape index (κ3) is 5.09. The summed E-state index contributed by atoms with van der Waals surface area (Å²) < 4.78 is 11.4. The molecule has 1 N–H and O–H groups in total. The number of nitrogens with zero attached hydrogens (tertiary/aromatic N) is 2. The fourth-order valence-electron chi connectivity index (χ4n) is 4.99. The Morgan fingerprint density at radius 1 is 0.973 bits per heavy atom. The molecule has 180 valence electrons. The van der Waals surface area contributed by atoms with Gasteiger partial charge in [-0.2, -0.15) is 0 Å². The van der Waals surface area contributed by atoms with Gasteiger partial charge in [0.1, 0.15) is 18.4 Å². The van der Waals surface area contributed by atoms with E-state index in [1.165, 1.54) is 4.90 Å². The van der Waals surface area contributed by atoms with Gasteiger partial charge < -0.3 is 19.3 Å². The predicted molar refractivity (Wildman–Crippen MR) is 138 cm³/mol. The second-order valence-electron chi connectivity index (χ2n) is 9.85. The van der Waals surface area contributed by atoms with Crippen LogP contribution < -0.4 is 10.1 Å². The molecule has 0 bridgehead atoms. The van der Waals surface area contributed by atoms with Crippen LogP contribution in [0.2, 0.25) is 0 Å². The van der Waals surface area contributed by atoms with Crippen LogP contribution in [-0.2, 0) is 34.0 Å². The first kappa shape index (κ1) is 25.7. The maximum atomic E-state index is 13.0. The van der Waals surface area contributed by atoms with Crippen molar-refractivity contribution in [1.82, 2.24) is 15.1 Å². The molecule has 37 heavy (non-hydrogen) atoms. The van der Waals surface area contributed by atoms with Crippen LogP contribution in [0.5, 0.6) is 5.75 Å². The number of carbonyl (C=O) groups excluding carboxylic acids is 3. The van der Waals surface area contributed by atoms with E-state index in [9.17, 15) is 14.4 Å². The molecule has 5 rings (SSSR count). The molecule has 0 spiro atoms. The highest BCUT2D eigenvalue weighted by atomic mass is 16.5. The van der Waals surface area contributed by atoms with Crippen LogP contribution in [0.15, 0.2) is 42.5 Å². The van der Waals surface area contributed by atoms with E-state index in [0.717, 1.165) is 16.7 Å². The summed E-state index contributed by atoms with van der Waals surface area (Å²) in [7, 11) is 24.6. The Kier molecular flexibility index (Phi) is 6.75. The molecule has 3 aliphatic rings. The second-order valence-corrected chi connectivity index (χ2v) is 9.85. The van der Waals surface area contributed by atoms with Crippen LogP contribution in [0.25, 0.3) is 0 Å². The van der Waals surface area contributed by atoms with Crippen LogP contribution >= 0.6 is 0 Å². The maximum absolute atomic E-state index is 13.0. The van der Waals surface area contributed by atoms with Crippen LogP contribution in [-0.4, -0.2) is 88.8 Å². The van der Waals surface area contributed by atoms with Gasteiger partial charge >= 0.3 is 0 Å². The normalized spacial score (nSPS) is 23.0. The minimum Gasteiger partial charge on any atom is -0.489 e. The predicted octanol–water partition coefficient (Wildman–Crippen LogP) is -0.160. The Bertz CT molecular complexity index is 1220. The van der Waals surface area contributed by atoms with Gasteiger partial charge in [0, 0.05) is 37.3 Å². The van der Waals surface area contributed by atoms with Gasteiger partial charge in [-0.15, -0.1) is 0 Å². The van der Waals surface area contributed by atoms with Gasteiger partial charge in [-0.1, -0.05) is 30.3 Å². The molecule has 8 radical (unpaired) electrons. The van der Waals surface area contributed by atoms with Gasteiger partial charge in [0.2, 0.25) is 11.8 Å². The van der Waals surface area contributed by atoms with E-state index in [0.29, 0.717) is 24.3 Å². The SMILES string of the molecule is [B]C1([B])COCC([B])([B])N1Cc1ccc(COc2cccc3c2CN(C2CCC(=O)NC2=O)C3=O)cc1. The molecule has 2 aromatic carbocycles. The minimum atomic E-state index is -1.30. The van der Waals surface area contributed by atoms with Gasteiger partial charge in [0.15, 0.2) is 0 Å². The molecule has 0 aliphatic carbocycles. The van der Waals surface area contributed by atoms with Crippen LogP contribution in [0.1, 0.15) is 39.9 Å².